The number of anilines is 1. The molecule has 0 spiro atoms. The number of halogens is 2. The van der Waals surface area contributed by atoms with Crippen LogP contribution in [0, 0.1) is 23.5 Å². The fraction of sp³-hybridized carbons (Fsp3) is 0.441. The first kappa shape index (κ1) is 36.0. The van der Waals surface area contributed by atoms with Gasteiger partial charge in [0.25, 0.3) is 0 Å². The molecule has 0 saturated carbocycles. The lowest BCUT2D eigenvalue weighted by Gasteiger charge is -2.29. The first-order chi connectivity index (χ1) is 22.9. The van der Waals surface area contributed by atoms with E-state index in [1.165, 1.54) is 12.4 Å². The molecule has 258 valence electrons. The van der Waals surface area contributed by atoms with Gasteiger partial charge in [-0.05, 0) is 67.0 Å². The Morgan fingerprint density at radius 1 is 0.958 bits per heavy atom. The fourth-order valence-electron chi connectivity index (χ4n) is 5.31. The zero-order chi connectivity index (χ0) is 34.8. The van der Waals surface area contributed by atoms with E-state index in [4.69, 9.17) is 4.74 Å². The molecule has 4 rings (SSSR count). The number of aromatic hydroxyl groups is 1. The van der Waals surface area contributed by atoms with E-state index >= 15 is 0 Å². The van der Waals surface area contributed by atoms with E-state index in [0.29, 0.717) is 18.7 Å². The number of aromatic nitrogens is 2. The molecule has 0 aliphatic carbocycles. The van der Waals surface area contributed by atoms with E-state index < -0.39 is 65.2 Å². The number of ether oxygens (including phenoxy) is 1. The monoisotopic (exact) mass is 667 g/mol. The number of hydrogen-bond acceptors (Lipinski definition) is 9. The lowest BCUT2D eigenvalue weighted by molar-refractivity contribution is -0.133. The highest BCUT2D eigenvalue weighted by atomic mass is 19.1. The summed E-state index contributed by atoms with van der Waals surface area (Å²) < 4.78 is 34.6. The second-order valence-electron chi connectivity index (χ2n) is 12.5. The summed E-state index contributed by atoms with van der Waals surface area (Å²) in [5, 5.41) is 24.2. The van der Waals surface area contributed by atoms with Crippen LogP contribution in [0.5, 0.6) is 11.5 Å². The van der Waals surface area contributed by atoms with Crippen molar-refractivity contribution in [3.63, 3.8) is 0 Å². The summed E-state index contributed by atoms with van der Waals surface area (Å²) in [6.07, 6.45) is 3.50. The van der Waals surface area contributed by atoms with Gasteiger partial charge in [0.2, 0.25) is 23.7 Å². The van der Waals surface area contributed by atoms with Crippen LogP contribution < -0.4 is 31.3 Å². The third kappa shape index (κ3) is 10.1. The van der Waals surface area contributed by atoms with E-state index in [2.05, 4.69) is 36.6 Å². The Morgan fingerprint density at radius 3 is 2.33 bits per heavy atom. The van der Waals surface area contributed by atoms with Crippen molar-refractivity contribution in [2.45, 2.75) is 64.7 Å². The van der Waals surface area contributed by atoms with Crippen molar-refractivity contribution >= 4 is 23.7 Å². The number of benzene rings is 2. The topological polar surface area (TPSA) is 167 Å². The van der Waals surface area contributed by atoms with Crippen molar-refractivity contribution in [1.29, 1.82) is 0 Å². The average molecular weight is 668 g/mol. The number of amides is 3. The lowest BCUT2D eigenvalue weighted by Crippen LogP contribution is -2.60. The predicted octanol–water partition coefficient (Wildman–Crippen LogP) is 2.47. The average Bonchev–Trinajstić information content (AvgIpc) is 3.05. The van der Waals surface area contributed by atoms with Crippen molar-refractivity contribution in [1.82, 2.24) is 31.2 Å². The molecule has 0 bridgehead atoms. The molecule has 1 aromatic heterocycles. The van der Waals surface area contributed by atoms with Crippen molar-refractivity contribution in [2.75, 3.05) is 25.0 Å². The van der Waals surface area contributed by atoms with Gasteiger partial charge in [0.15, 0.2) is 17.4 Å². The lowest BCUT2D eigenvalue weighted by atomic mass is 9.99. The third-order valence-electron chi connectivity index (χ3n) is 7.88. The molecule has 14 heteroatoms. The van der Waals surface area contributed by atoms with Gasteiger partial charge in [0.1, 0.15) is 24.4 Å². The minimum absolute atomic E-state index is 0.00748. The summed E-state index contributed by atoms with van der Waals surface area (Å²) >= 11 is 0. The van der Waals surface area contributed by atoms with Crippen LogP contribution in [0.3, 0.4) is 0 Å². The van der Waals surface area contributed by atoms with Crippen molar-refractivity contribution in [3.8, 4) is 11.5 Å². The normalized spacial score (nSPS) is 23.1. The molecule has 0 fully saturated rings. The maximum atomic E-state index is 14.2. The smallest absolute Gasteiger partial charge is 0.244 e. The van der Waals surface area contributed by atoms with Gasteiger partial charge in [-0.1, -0.05) is 39.0 Å². The molecular weight excluding hydrogens is 624 g/mol. The van der Waals surface area contributed by atoms with E-state index in [1.54, 1.807) is 26.8 Å². The number of para-hydroxylation sites is 1. The van der Waals surface area contributed by atoms with Crippen LogP contribution in [0.15, 0.2) is 54.9 Å². The van der Waals surface area contributed by atoms with Crippen molar-refractivity contribution in [2.24, 2.45) is 11.8 Å². The Bertz CT molecular complexity index is 1540. The molecule has 3 aromatic rings. The van der Waals surface area contributed by atoms with Gasteiger partial charge in [0, 0.05) is 31.5 Å². The SMILES string of the molecule is CC(C)[C@H]1NC(=O)[C@@H](Cc2cc(F)c(O)c(F)c2)N[C@@H](C)COc2ccccc2C[C@H](C)CNC(=O)[C@H](CNc2ncccn2)NC1=O. The van der Waals surface area contributed by atoms with Crippen LogP contribution in [0.1, 0.15) is 38.8 Å². The Morgan fingerprint density at radius 2 is 1.65 bits per heavy atom. The predicted molar refractivity (Wildman–Crippen MR) is 175 cm³/mol. The fourth-order valence-corrected chi connectivity index (χ4v) is 5.31. The summed E-state index contributed by atoms with van der Waals surface area (Å²) in [5.41, 5.74) is 1.03. The molecule has 6 N–H and O–H groups in total. The quantitative estimate of drug-likeness (QED) is 0.232. The van der Waals surface area contributed by atoms with Gasteiger partial charge in [-0.2, -0.15) is 0 Å². The Labute approximate surface area is 278 Å². The molecule has 0 saturated heterocycles. The second-order valence-corrected chi connectivity index (χ2v) is 12.5. The molecule has 1 aliphatic heterocycles. The minimum atomic E-state index is -1.16. The van der Waals surface area contributed by atoms with Gasteiger partial charge in [-0.3, -0.25) is 19.7 Å². The van der Waals surface area contributed by atoms with E-state index in [-0.39, 0.29) is 37.0 Å². The van der Waals surface area contributed by atoms with Gasteiger partial charge in [-0.15, -0.1) is 0 Å². The molecule has 12 nitrogen and oxygen atoms in total. The van der Waals surface area contributed by atoms with Gasteiger partial charge < -0.3 is 31.1 Å². The standard InChI is InChI=1S/C34H43F2N7O5/c1-19(2)29-33(47)42-27(17-40-34-37-10-7-11-38-34)31(45)39-16-20(3)12-23-8-5-6-9-28(23)48-18-21(4)41-26(32(46)43-29)15-22-13-24(35)30(44)25(36)14-22/h5-11,13-14,19-21,26-27,29,41,44H,12,15-18H2,1-4H3,(H,39,45)(H,42,47)(H,43,46)(H,37,38,40)/t20-,21-,26+,27-,29+/m0/s1. The van der Waals surface area contributed by atoms with Crippen LogP contribution in [-0.4, -0.2) is 76.7 Å². The van der Waals surface area contributed by atoms with Crippen LogP contribution in [0.2, 0.25) is 0 Å². The number of carbonyl (C=O) groups excluding carboxylic acids is 3. The minimum Gasteiger partial charge on any atom is -0.503 e. The summed E-state index contributed by atoms with van der Waals surface area (Å²) in [5.74, 6) is -4.58. The number of hydrogen-bond donors (Lipinski definition) is 6. The van der Waals surface area contributed by atoms with Gasteiger partial charge in [0.05, 0.1) is 6.04 Å². The number of phenolic OH excluding ortho intramolecular Hbond substituents is 1. The highest BCUT2D eigenvalue weighted by molar-refractivity contribution is 5.93. The first-order valence-electron chi connectivity index (χ1n) is 15.9. The number of rotatable bonds is 6. The Hall–Kier alpha value is -4.85. The number of phenols is 1. The number of nitrogens with zero attached hydrogens (tertiary/aromatic N) is 2. The van der Waals surface area contributed by atoms with Crippen molar-refractivity contribution in [3.05, 3.63) is 77.6 Å². The molecule has 2 heterocycles. The maximum absolute atomic E-state index is 14.2. The summed E-state index contributed by atoms with van der Waals surface area (Å²) in [6, 6.07) is 7.47. The highest BCUT2D eigenvalue weighted by Crippen LogP contribution is 2.23. The van der Waals surface area contributed by atoms with Crippen LogP contribution in [-0.2, 0) is 27.2 Å². The molecule has 0 radical (unpaired) electrons. The number of nitrogens with one attached hydrogen (secondary N) is 5. The molecule has 48 heavy (non-hydrogen) atoms. The largest absolute Gasteiger partial charge is 0.503 e. The maximum Gasteiger partial charge on any atom is 0.244 e. The zero-order valence-corrected chi connectivity index (χ0v) is 27.4. The second kappa shape index (κ2) is 16.8. The highest BCUT2D eigenvalue weighted by Gasteiger charge is 2.32. The molecule has 0 unspecified atom stereocenters. The Balaban J connectivity index is 1.65. The number of carbonyl (C=O) groups is 3. The van der Waals surface area contributed by atoms with Crippen molar-refractivity contribution < 1.29 is 33.0 Å². The number of fused-ring (bicyclic) bond motifs is 1. The van der Waals surface area contributed by atoms with Crippen LogP contribution >= 0.6 is 0 Å². The Kier molecular flexibility index (Phi) is 12.6. The van der Waals surface area contributed by atoms with Crippen LogP contribution in [0.4, 0.5) is 14.7 Å². The summed E-state index contributed by atoms with van der Waals surface area (Å²) in [7, 11) is 0. The third-order valence-corrected chi connectivity index (χ3v) is 7.88. The van der Waals surface area contributed by atoms with E-state index in [0.717, 1.165) is 17.7 Å². The molecule has 5 atom stereocenters. The molecule has 3 amide bonds. The molecule has 1 aliphatic rings. The zero-order valence-electron chi connectivity index (χ0n) is 27.4. The summed E-state index contributed by atoms with van der Waals surface area (Å²) in [4.78, 5) is 49.2. The van der Waals surface area contributed by atoms with Gasteiger partial charge >= 0.3 is 0 Å². The molecule has 2 aromatic carbocycles. The van der Waals surface area contributed by atoms with E-state index in [9.17, 15) is 28.3 Å². The van der Waals surface area contributed by atoms with E-state index in [1.807, 2.05) is 31.2 Å². The van der Waals surface area contributed by atoms with Gasteiger partial charge in [-0.25, -0.2) is 18.7 Å². The molecular formula is C34H43F2N7O5. The summed E-state index contributed by atoms with van der Waals surface area (Å²) in [6.45, 7) is 7.72. The first-order valence-corrected chi connectivity index (χ1v) is 15.9. The van der Waals surface area contributed by atoms with Crippen LogP contribution in [0.25, 0.3) is 0 Å².